The Balaban J connectivity index is 1.49. The van der Waals surface area contributed by atoms with E-state index in [9.17, 15) is 0 Å². The molecule has 0 radical (unpaired) electrons. The summed E-state index contributed by atoms with van der Waals surface area (Å²) in [6.07, 6.45) is -0.342. The first-order valence-electron chi connectivity index (χ1n) is 9.55. The predicted octanol–water partition coefficient (Wildman–Crippen LogP) is 5.83. The molecule has 0 N–H and O–H groups in total. The van der Waals surface area contributed by atoms with E-state index in [0.717, 1.165) is 38.4 Å². The van der Waals surface area contributed by atoms with Crippen LogP contribution in [0.25, 0.3) is 5.69 Å². The Labute approximate surface area is 187 Å². The predicted molar refractivity (Wildman–Crippen MR) is 120 cm³/mol. The molecule has 0 aliphatic carbocycles. The lowest BCUT2D eigenvalue weighted by Gasteiger charge is -2.26. The van der Waals surface area contributed by atoms with Crippen molar-refractivity contribution in [3.8, 4) is 17.2 Å². The molecule has 5 rings (SSSR count). The fourth-order valence-electron chi connectivity index (χ4n) is 3.31. The second kappa shape index (κ2) is 8.53. The number of rotatable bonds is 5. The smallest absolute Gasteiger partial charge is 0.196 e. The van der Waals surface area contributed by atoms with Gasteiger partial charge >= 0.3 is 0 Å². The summed E-state index contributed by atoms with van der Waals surface area (Å²) in [6, 6.07) is 26.0. The van der Waals surface area contributed by atoms with Crippen LogP contribution in [0.15, 0.2) is 88.5 Å². The average molecular weight is 480 g/mol. The number of halogens is 1. The Bertz CT molecular complexity index is 1170. The van der Waals surface area contributed by atoms with Crippen LogP contribution < -0.4 is 9.47 Å². The van der Waals surface area contributed by atoms with Crippen molar-refractivity contribution < 1.29 is 9.47 Å². The Hall–Kier alpha value is -2.77. The number of nitrogens with zero attached hydrogens (tertiary/aromatic N) is 3. The molecule has 0 amide bonds. The Morgan fingerprint density at radius 3 is 2.47 bits per heavy atom. The molecule has 1 aliphatic heterocycles. The summed E-state index contributed by atoms with van der Waals surface area (Å²) in [6.45, 7) is 0.386. The third-order valence-corrected chi connectivity index (χ3v) is 6.54. The zero-order valence-electron chi connectivity index (χ0n) is 15.9. The molecule has 0 saturated heterocycles. The molecule has 7 heteroatoms. The van der Waals surface area contributed by atoms with Gasteiger partial charge in [0, 0.05) is 15.9 Å². The van der Waals surface area contributed by atoms with E-state index in [4.69, 9.17) is 9.47 Å². The first-order valence-corrected chi connectivity index (χ1v) is 11.3. The lowest BCUT2D eigenvalue weighted by molar-refractivity contribution is 0.0835. The minimum absolute atomic E-state index is 0.342. The van der Waals surface area contributed by atoms with E-state index in [1.165, 1.54) is 5.56 Å². The second-order valence-corrected chi connectivity index (χ2v) is 8.55. The average Bonchev–Trinajstić information content (AvgIpc) is 3.23. The van der Waals surface area contributed by atoms with Crippen LogP contribution in [0.4, 0.5) is 0 Å². The van der Waals surface area contributed by atoms with Crippen LogP contribution >= 0.6 is 27.7 Å². The molecule has 0 fully saturated rings. The number of thioether (sulfide) groups is 1. The minimum Gasteiger partial charge on any atom is -0.485 e. The summed E-state index contributed by atoms with van der Waals surface area (Å²) in [4.78, 5) is 0. The molecule has 150 valence electrons. The molecule has 1 aromatic heterocycles. The Morgan fingerprint density at radius 2 is 1.63 bits per heavy atom. The van der Waals surface area contributed by atoms with Gasteiger partial charge in [0.05, 0.1) is 0 Å². The van der Waals surface area contributed by atoms with Crippen LogP contribution in [0, 0.1) is 0 Å². The van der Waals surface area contributed by atoms with Gasteiger partial charge in [-0.1, -0.05) is 76.2 Å². The van der Waals surface area contributed by atoms with Crippen LogP contribution in [0.1, 0.15) is 17.5 Å². The highest BCUT2D eigenvalue weighted by molar-refractivity contribution is 9.10. The van der Waals surface area contributed by atoms with Gasteiger partial charge in [-0.3, -0.25) is 4.57 Å². The van der Waals surface area contributed by atoms with Gasteiger partial charge in [0.1, 0.15) is 6.61 Å². The number of ether oxygens (including phenoxy) is 2. The highest BCUT2D eigenvalue weighted by Crippen LogP contribution is 2.37. The standard InChI is InChI=1S/C23H18BrN3O2S/c24-18-11-5-4-8-16(18)15-30-23-26-25-22(27(23)17-9-2-1-3-10-17)21-14-28-19-12-6-7-13-20(19)29-21/h1-13,21H,14-15H2/t21-/m1/s1. The van der Waals surface area contributed by atoms with Crippen molar-refractivity contribution in [1.82, 2.24) is 14.8 Å². The molecule has 0 saturated carbocycles. The summed E-state index contributed by atoms with van der Waals surface area (Å²) in [7, 11) is 0. The highest BCUT2D eigenvalue weighted by atomic mass is 79.9. The first-order chi connectivity index (χ1) is 14.8. The number of aromatic nitrogens is 3. The van der Waals surface area contributed by atoms with E-state index in [1.807, 2.05) is 72.8 Å². The molecular formula is C23H18BrN3O2S. The summed E-state index contributed by atoms with van der Waals surface area (Å²) >= 11 is 5.27. The van der Waals surface area contributed by atoms with Gasteiger partial charge in [0.2, 0.25) is 0 Å². The van der Waals surface area contributed by atoms with Crippen LogP contribution in [-0.4, -0.2) is 21.4 Å². The van der Waals surface area contributed by atoms with Gasteiger partial charge in [-0.25, -0.2) is 0 Å². The molecular weight excluding hydrogens is 462 g/mol. The summed E-state index contributed by atoms with van der Waals surface area (Å²) in [5.74, 6) is 2.98. The topological polar surface area (TPSA) is 49.2 Å². The lowest BCUT2D eigenvalue weighted by Crippen LogP contribution is -2.24. The molecule has 2 heterocycles. The van der Waals surface area contributed by atoms with E-state index in [1.54, 1.807) is 11.8 Å². The molecule has 4 aromatic rings. The molecule has 30 heavy (non-hydrogen) atoms. The van der Waals surface area contributed by atoms with Crippen molar-refractivity contribution in [3.05, 3.63) is 94.7 Å². The Kier molecular flexibility index (Phi) is 5.46. The van der Waals surface area contributed by atoms with Gasteiger partial charge in [0.15, 0.2) is 28.6 Å². The van der Waals surface area contributed by atoms with Gasteiger partial charge in [-0.05, 0) is 35.9 Å². The van der Waals surface area contributed by atoms with Crippen molar-refractivity contribution in [1.29, 1.82) is 0 Å². The zero-order chi connectivity index (χ0) is 20.3. The molecule has 1 atom stereocenters. The molecule has 0 bridgehead atoms. The molecule has 5 nitrogen and oxygen atoms in total. The largest absolute Gasteiger partial charge is 0.485 e. The van der Waals surface area contributed by atoms with Crippen molar-refractivity contribution in [2.45, 2.75) is 17.0 Å². The highest BCUT2D eigenvalue weighted by Gasteiger charge is 2.29. The monoisotopic (exact) mass is 479 g/mol. The van der Waals surface area contributed by atoms with E-state index in [2.05, 4.69) is 36.8 Å². The zero-order valence-corrected chi connectivity index (χ0v) is 18.3. The summed E-state index contributed by atoms with van der Waals surface area (Å²) in [5.41, 5.74) is 2.20. The summed E-state index contributed by atoms with van der Waals surface area (Å²) in [5, 5.41) is 9.81. The van der Waals surface area contributed by atoms with Crippen LogP contribution in [0.2, 0.25) is 0 Å². The maximum atomic E-state index is 6.21. The summed E-state index contributed by atoms with van der Waals surface area (Å²) < 4.78 is 15.3. The van der Waals surface area contributed by atoms with Crippen LogP contribution in [0.3, 0.4) is 0 Å². The van der Waals surface area contributed by atoms with E-state index in [-0.39, 0.29) is 6.10 Å². The number of para-hydroxylation sites is 3. The number of hydrogen-bond donors (Lipinski definition) is 0. The molecule has 1 aliphatic rings. The van der Waals surface area contributed by atoms with Gasteiger partial charge in [-0.15, -0.1) is 10.2 Å². The van der Waals surface area contributed by atoms with Crippen molar-refractivity contribution in [2.75, 3.05) is 6.61 Å². The Morgan fingerprint density at radius 1 is 0.900 bits per heavy atom. The van der Waals surface area contributed by atoms with Crippen LogP contribution in [0.5, 0.6) is 11.5 Å². The van der Waals surface area contributed by atoms with Crippen molar-refractivity contribution in [2.24, 2.45) is 0 Å². The van der Waals surface area contributed by atoms with Crippen molar-refractivity contribution in [3.63, 3.8) is 0 Å². The molecule has 0 unspecified atom stereocenters. The molecule has 0 spiro atoms. The van der Waals surface area contributed by atoms with E-state index < -0.39 is 0 Å². The van der Waals surface area contributed by atoms with Gasteiger partial charge < -0.3 is 9.47 Å². The maximum Gasteiger partial charge on any atom is 0.196 e. The van der Waals surface area contributed by atoms with Gasteiger partial charge in [0.25, 0.3) is 0 Å². The third-order valence-electron chi connectivity index (χ3n) is 4.78. The van der Waals surface area contributed by atoms with Crippen LogP contribution in [-0.2, 0) is 5.75 Å². The lowest BCUT2D eigenvalue weighted by atomic mass is 10.2. The second-order valence-electron chi connectivity index (χ2n) is 6.76. The fourth-order valence-corrected chi connectivity index (χ4v) is 4.88. The SMILES string of the molecule is Brc1ccccc1CSc1nnc([C@H]2COc3ccccc3O2)n1-c1ccccc1. The maximum absolute atomic E-state index is 6.21. The van der Waals surface area contributed by atoms with E-state index >= 15 is 0 Å². The number of hydrogen-bond acceptors (Lipinski definition) is 5. The normalized spacial score (nSPS) is 15.2. The van der Waals surface area contributed by atoms with E-state index in [0.29, 0.717) is 6.61 Å². The minimum atomic E-state index is -0.342. The quantitative estimate of drug-likeness (QED) is 0.336. The first kappa shape index (κ1) is 19.2. The number of benzene rings is 3. The third kappa shape index (κ3) is 3.82. The molecule has 3 aromatic carbocycles. The van der Waals surface area contributed by atoms with Crippen molar-refractivity contribution >= 4 is 27.7 Å². The van der Waals surface area contributed by atoms with Gasteiger partial charge in [-0.2, -0.15) is 0 Å². The number of fused-ring (bicyclic) bond motifs is 1. The fraction of sp³-hybridized carbons (Fsp3) is 0.130.